The first-order valence-corrected chi connectivity index (χ1v) is 16.0. The summed E-state index contributed by atoms with van der Waals surface area (Å²) < 4.78 is 21.7. The third-order valence-corrected chi connectivity index (χ3v) is 9.12. The second-order valence-corrected chi connectivity index (χ2v) is 12.3. The zero-order valence-electron chi connectivity index (χ0n) is 25.8. The predicted octanol–water partition coefficient (Wildman–Crippen LogP) is 3.48. The maximum atomic E-state index is 13.7. The van der Waals surface area contributed by atoms with Gasteiger partial charge < -0.3 is 40.0 Å². The molecule has 45 heavy (non-hydrogen) atoms. The van der Waals surface area contributed by atoms with E-state index in [4.69, 9.17) is 18.9 Å². The Morgan fingerprint density at radius 2 is 1.53 bits per heavy atom. The highest BCUT2D eigenvalue weighted by molar-refractivity contribution is 5.86. The van der Waals surface area contributed by atoms with E-state index in [-0.39, 0.29) is 37.1 Å². The lowest BCUT2D eigenvalue weighted by atomic mass is 9.92. The van der Waals surface area contributed by atoms with Crippen molar-refractivity contribution in [2.75, 3.05) is 20.3 Å². The van der Waals surface area contributed by atoms with E-state index in [1.165, 1.54) is 7.11 Å². The summed E-state index contributed by atoms with van der Waals surface area (Å²) in [6, 6.07) is 17.3. The van der Waals surface area contributed by atoms with Gasteiger partial charge in [0.1, 0.15) is 12.1 Å². The molecule has 11 heteroatoms. The molecular formula is C34H45N3O8. The number of carbonyl (C=O) groups excluding carboxylic acids is 3. The van der Waals surface area contributed by atoms with Crippen LogP contribution in [0.5, 0.6) is 0 Å². The number of benzene rings is 2. The van der Waals surface area contributed by atoms with Gasteiger partial charge in [-0.3, -0.25) is 4.79 Å². The Balaban J connectivity index is 1.30. The van der Waals surface area contributed by atoms with Gasteiger partial charge in [-0.1, -0.05) is 73.5 Å². The van der Waals surface area contributed by atoms with Crippen LogP contribution >= 0.6 is 0 Å². The van der Waals surface area contributed by atoms with Crippen LogP contribution in [0.4, 0.5) is 9.59 Å². The number of nitrogens with one attached hydrogen (secondary N) is 3. The van der Waals surface area contributed by atoms with Crippen molar-refractivity contribution in [3.63, 3.8) is 0 Å². The molecule has 7 atom stereocenters. The van der Waals surface area contributed by atoms with Crippen molar-refractivity contribution < 1.29 is 38.4 Å². The molecule has 244 valence electrons. The van der Waals surface area contributed by atoms with Crippen molar-refractivity contribution in [1.82, 2.24) is 16.0 Å². The van der Waals surface area contributed by atoms with Crippen LogP contribution in [-0.4, -0.2) is 80.1 Å². The lowest BCUT2D eigenvalue weighted by Gasteiger charge is -2.30. The van der Waals surface area contributed by atoms with E-state index in [0.29, 0.717) is 19.4 Å². The number of ether oxygens (including phenoxy) is 4. The maximum Gasteiger partial charge on any atom is 0.407 e. The highest BCUT2D eigenvalue weighted by Gasteiger charge is 2.44. The third kappa shape index (κ3) is 9.18. The van der Waals surface area contributed by atoms with Crippen LogP contribution in [0.1, 0.15) is 49.7 Å². The third-order valence-electron chi connectivity index (χ3n) is 9.12. The second kappa shape index (κ2) is 16.1. The quantitative estimate of drug-likeness (QED) is 0.266. The van der Waals surface area contributed by atoms with E-state index < -0.39 is 42.5 Å². The Kier molecular flexibility index (Phi) is 11.7. The molecule has 1 aliphatic carbocycles. The molecule has 0 bridgehead atoms. The fourth-order valence-electron chi connectivity index (χ4n) is 6.73. The van der Waals surface area contributed by atoms with E-state index in [2.05, 4.69) is 16.0 Å². The fourth-order valence-corrected chi connectivity index (χ4v) is 6.73. The molecule has 4 N–H and O–H groups in total. The number of hydrogen-bond acceptors (Lipinski definition) is 8. The highest BCUT2D eigenvalue weighted by atomic mass is 16.7. The lowest BCUT2D eigenvalue weighted by molar-refractivity contribution is -0.125. The van der Waals surface area contributed by atoms with Gasteiger partial charge in [-0.2, -0.15) is 0 Å². The molecule has 2 aliphatic heterocycles. The first-order valence-electron chi connectivity index (χ1n) is 16.0. The average molecular weight is 624 g/mol. The molecule has 0 unspecified atom stereocenters. The van der Waals surface area contributed by atoms with Gasteiger partial charge in [0.2, 0.25) is 5.91 Å². The minimum atomic E-state index is -1.03. The van der Waals surface area contributed by atoms with Crippen molar-refractivity contribution in [1.29, 1.82) is 0 Å². The number of aliphatic hydroxyl groups excluding tert-OH is 1. The normalized spacial score (nSPS) is 23.7. The zero-order chi connectivity index (χ0) is 31.6. The minimum absolute atomic E-state index is 0.00176. The SMILES string of the molecule is COC(=O)N[C@H](C(=O)N[C@@H](Cc1ccccc1)C[C@H](O)[C@H](Cc1ccccc1)NC(=O)O[C@H]1CO[C@H]2OCC[C@H]21)C1CCCC1. The number of carbonyl (C=O) groups is 3. The summed E-state index contributed by atoms with van der Waals surface area (Å²) in [5.41, 5.74) is 1.91. The molecule has 3 amide bonds. The first kappa shape index (κ1) is 32.7. The molecule has 2 saturated heterocycles. The van der Waals surface area contributed by atoms with Crippen LogP contribution < -0.4 is 16.0 Å². The smallest absolute Gasteiger partial charge is 0.407 e. The summed E-state index contributed by atoms with van der Waals surface area (Å²) in [7, 11) is 1.28. The molecule has 2 heterocycles. The number of hydrogen-bond donors (Lipinski definition) is 4. The van der Waals surface area contributed by atoms with Crippen molar-refractivity contribution in [3.8, 4) is 0 Å². The van der Waals surface area contributed by atoms with Crippen LogP contribution in [-0.2, 0) is 36.6 Å². The Morgan fingerprint density at radius 1 is 0.867 bits per heavy atom. The number of alkyl carbamates (subject to hydrolysis) is 2. The van der Waals surface area contributed by atoms with E-state index in [1.54, 1.807) is 0 Å². The Bertz CT molecular complexity index is 1240. The minimum Gasteiger partial charge on any atom is -0.453 e. The summed E-state index contributed by atoms with van der Waals surface area (Å²) in [4.78, 5) is 39.0. The number of rotatable bonds is 13. The molecule has 11 nitrogen and oxygen atoms in total. The number of amides is 3. The molecule has 1 saturated carbocycles. The van der Waals surface area contributed by atoms with E-state index in [9.17, 15) is 19.5 Å². The maximum absolute atomic E-state index is 13.7. The molecule has 0 spiro atoms. The van der Waals surface area contributed by atoms with E-state index in [1.807, 2.05) is 60.7 Å². The Hall–Kier alpha value is -3.67. The van der Waals surface area contributed by atoms with Crippen LogP contribution in [0.2, 0.25) is 0 Å². The zero-order valence-corrected chi connectivity index (χ0v) is 25.8. The van der Waals surface area contributed by atoms with Gasteiger partial charge in [0, 0.05) is 6.04 Å². The molecular weight excluding hydrogens is 578 g/mol. The van der Waals surface area contributed by atoms with Crippen LogP contribution in [0.3, 0.4) is 0 Å². The van der Waals surface area contributed by atoms with Gasteiger partial charge >= 0.3 is 12.2 Å². The highest BCUT2D eigenvalue weighted by Crippen LogP contribution is 2.33. The molecule has 2 aromatic rings. The van der Waals surface area contributed by atoms with Crippen molar-refractivity contribution in [3.05, 3.63) is 71.8 Å². The van der Waals surface area contributed by atoms with Crippen LogP contribution in [0.25, 0.3) is 0 Å². The van der Waals surface area contributed by atoms with Gasteiger partial charge in [0.25, 0.3) is 0 Å². The van der Waals surface area contributed by atoms with Crippen molar-refractivity contribution in [2.24, 2.45) is 11.8 Å². The molecule has 0 aromatic heterocycles. The van der Waals surface area contributed by atoms with Crippen LogP contribution in [0.15, 0.2) is 60.7 Å². The monoisotopic (exact) mass is 623 g/mol. The van der Waals surface area contributed by atoms with Gasteiger partial charge in [-0.05, 0) is 55.6 Å². The average Bonchev–Trinajstić information content (AvgIpc) is 3.81. The summed E-state index contributed by atoms with van der Waals surface area (Å²) in [6.45, 7) is 0.832. The van der Waals surface area contributed by atoms with E-state index in [0.717, 1.165) is 43.2 Å². The van der Waals surface area contributed by atoms with Crippen molar-refractivity contribution >= 4 is 18.1 Å². The molecule has 3 fully saturated rings. The summed E-state index contributed by atoms with van der Waals surface area (Å²) in [6.07, 6.45) is 2.26. The van der Waals surface area contributed by atoms with Gasteiger partial charge in [-0.15, -0.1) is 0 Å². The van der Waals surface area contributed by atoms with Gasteiger partial charge in [0.05, 0.1) is 38.4 Å². The summed E-state index contributed by atoms with van der Waals surface area (Å²) >= 11 is 0. The number of fused-ring (bicyclic) bond motifs is 1. The summed E-state index contributed by atoms with van der Waals surface area (Å²) in [5, 5.41) is 20.4. The first-order chi connectivity index (χ1) is 21.9. The Labute approximate surface area is 264 Å². The summed E-state index contributed by atoms with van der Waals surface area (Å²) in [5.74, 6) is -0.329. The standard InChI is InChI=1S/C34H45N3O8/c1-42-33(40)37-30(24-14-8-9-15-24)31(39)35-25(18-22-10-4-2-5-11-22)20-28(38)27(19-23-12-6-3-7-13-23)36-34(41)45-29-21-44-32-26(29)16-17-43-32/h2-7,10-13,24-30,32,38H,8-9,14-21H2,1H3,(H,35,39)(H,36,41)(H,37,40)/t25-,26-,27-,28-,29-,30-,32+/m0/s1. The van der Waals surface area contributed by atoms with Crippen LogP contribution in [0, 0.1) is 11.8 Å². The predicted molar refractivity (Wildman–Crippen MR) is 165 cm³/mol. The topological polar surface area (TPSA) is 144 Å². The Morgan fingerprint density at radius 3 is 2.20 bits per heavy atom. The molecule has 5 rings (SSSR count). The van der Waals surface area contributed by atoms with E-state index >= 15 is 0 Å². The number of methoxy groups -OCH3 is 1. The molecule has 0 radical (unpaired) electrons. The molecule has 2 aromatic carbocycles. The number of aliphatic hydroxyl groups is 1. The largest absolute Gasteiger partial charge is 0.453 e. The van der Waals surface area contributed by atoms with Gasteiger partial charge in [-0.25, -0.2) is 9.59 Å². The lowest BCUT2D eigenvalue weighted by Crippen LogP contribution is -2.54. The fraction of sp³-hybridized carbons (Fsp3) is 0.559. The molecule has 3 aliphatic rings. The second-order valence-electron chi connectivity index (χ2n) is 12.3. The van der Waals surface area contributed by atoms with Crippen molar-refractivity contribution in [2.45, 2.75) is 88.0 Å². The van der Waals surface area contributed by atoms with Gasteiger partial charge in [0.15, 0.2) is 6.29 Å².